The lowest BCUT2D eigenvalue weighted by Gasteiger charge is -2.03. The third-order valence-electron chi connectivity index (χ3n) is 2.87. The van der Waals surface area contributed by atoms with Gasteiger partial charge < -0.3 is 10.2 Å². The first-order valence-corrected chi connectivity index (χ1v) is 4.89. The van der Waals surface area contributed by atoms with Gasteiger partial charge in [-0.1, -0.05) is 18.2 Å². The van der Waals surface area contributed by atoms with E-state index in [0.717, 1.165) is 28.7 Å². The Morgan fingerprint density at radius 1 is 0.938 bits per heavy atom. The van der Waals surface area contributed by atoms with Crippen molar-refractivity contribution in [2.75, 3.05) is 0 Å². The second-order valence-electron chi connectivity index (χ2n) is 3.83. The summed E-state index contributed by atoms with van der Waals surface area (Å²) in [5.74, 6) is 0.595. The van der Waals surface area contributed by atoms with Gasteiger partial charge in [0.15, 0.2) is 0 Å². The van der Waals surface area contributed by atoms with Gasteiger partial charge in [-0.05, 0) is 41.3 Å². The third kappa shape index (κ3) is 1.33. The van der Waals surface area contributed by atoms with E-state index in [-0.39, 0.29) is 11.9 Å². The van der Waals surface area contributed by atoms with E-state index >= 15 is 0 Å². The molecule has 2 aromatic rings. The Balaban J connectivity index is 0.000000963. The molecule has 3 heteroatoms. The van der Waals surface area contributed by atoms with Crippen LogP contribution in [0.5, 0.6) is 11.5 Å². The molecule has 0 heterocycles. The lowest BCUT2D eigenvalue weighted by atomic mass is 10.0. The van der Waals surface area contributed by atoms with E-state index in [9.17, 15) is 10.2 Å². The molecule has 2 aromatic carbocycles. The van der Waals surface area contributed by atoms with Crippen LogP contribution in [0, 0.1) is 0 Å². The van der Waals surface area contributed by atoms with Crippen LogP contribution in [0.25, 0.3) is 11.1 Å². The number of fused-ring (bicyclic) bond motifs is 3. The molecule has 0 atom stereocenters. The van der Waals surface area contributed by atoms with E-state index in [4.69, 9.17) is 0 Å². The van der Waals surface area contributed by atoms with Gasteiger partial charge in [0.05, 0.1) is 0 Å². The van der Waals surface area contributed by atoms with Crippen LogP contribution in [0.15, 0.2) is 36.4 Å². The molecule has 79 valence electrons. The molecule has 0 saturated carbocycles. The zero-order valence-electron chi connectivity index (χ0n) is 8.51. The zero-order chi connectivity index (χ0) is 10.4. The van der Waals surface area contributed by atoms with E-state index in [0.29, 0.717) is 5.75 Å². The predicted octanol–water partition coefficient (Wildman–Crippen LogP) is 2.19. The summed E-state index contributed by atoms with van der Waals surface area (Å²) in [4.78, 5) is 0. The summed E-state index contributed by atoms with van der Waals surface area (Å²) < 4.78 is 0. The molecule has 3 nitrogen and oxygen atoms in total. The van der Waals surface area contributed by atoms with Gasteiger partial charge in [0, 0.05) is 11.7 Å². The van der Waals surface area contributed by atoms with E-state index < -0.39 is 0 Å². The highest BCUT2D eigenvalue weighted by Gasteiger charge is 2.21. The van der Waals surface area contributed by atoms with Gasteiger partial charge in [-0.15, -0.1) is 0 Å². The molecule has 0 bridgehead atoms. The monoisotopic (exact) mass is 212 g/mol. The fourth-order valence-electron chi connectivity index (χ4n) is 2.22. The van der Waals surface area contributed by atoms with Crippen LogP contribution in [0.4, 0.5) is 0 Å². The Bertz CT molecular complexity index is 550. The van der Waals surface area contributed by atoms with Crippen molar-refractivity contribution in [2.45, 2.75) is 6.42 Å². The normalized spacial score (nSPS) is 11.5. The van der Waals surface area contributed by atoms with Crippen molar-refractivity contribution in [3.63, 3.8) is 0 Å². The third-order valence-corrected chi connectivity index (χ3v) is 2.87. The van der Waals surface area contributed by atoms with Crippen molar-refractivity contribution in [1.82, 2.24) is 6.15 Å². The van der Waals surface area contributed by atoms with Gasteiger partial charge in [-0.25, -0.2) is 0 Å². The lowest BCUT2D eigenvalue weighted by molar-refractivity contribution is 0.474. The van der Waals surface area contributed by atoms with Crippen LogP contribution in [0.2, 0.25) is 0 Å². The number of nitrogens with zero attached hydrogens (tertiary/aromatic N) is 1. The molecule has 0 unspecified atom stereocenters. The van der Waals surface area contributed by atoms with Crippen LogP contribution in [0.1, 0.15) is 11.1 Å². The highest BCUT2D eigenvalue weighted by Crippen LogP contribution is 2.42. The summed E-state index contributed by atoms with van der Waals surface area (Å²) in [7, 11) is 0. The maximum Gasteiger partial charge on any atom is 0.123 e. The number of phenols is 2. The summed E-state index contributed by atoms with van der Waals surface area (Å²) >= 11 is 0. The molecule has 0 aromatic heterocycles. The Hall–Kier alpha value is -2.00. The summed E-state index contributed by atoms with van der Waals surface area (Å²) in [5, 5.41) is 19.2. The fourth-order valence-corrected chi connectivity index (χ4v) is 2.22. The average molecular weight is 212 g/mol. The van der Waals surface area contributed by atoms with E-state index in [2.05, 4.69) is 0 Å². The first kappa shape index (κ1) is 10.5. The molecule has 0 spiro atoms. The fraction of sp³-hybridized carbons (Fsp3) is 0.0769. The number of hydrogen-bond acceptors (Lipinski definition) is 2. The molecule has 3 radical (unpaired) electrons. The molecule has 0 fully saturated rings. The Kier molecular flexibility index (Phi) is 2.33. The molecule has 1 aliphatic carbocycles. The van der Waals surface area contributed by atoms with Crippen LogP contribution in [0.3, 0.4) is 0 Å². The van der Waals surface area contributed by atoms with E-state index in [1.807, 2.05) is 18.2 Å². The molecule has 16 heavy (non-hydrogen) atoms. The number of aromatic hydroxyl groups is 2. The molecular weight excluding hydrogens is 202 g/mol. The standard InChI is InChI=1S/C13H10O2.N/c14-10-4-5-11-9(7-10)6-8-2-1-3-12(15)13(8)11;/h1-5,7,14-15H,6H2;. The topological polar surface area (TPSA) is 71.0 Å². The largest absolute Gasteiger partial charge is 0.508 e. The summed E-state index contributed by atoms with van der Waals surface area (Å²) in [6, 6.07) is 10.8. The highest BCUT2D eigenvalue weighted by molar-refractivity contribution is 5.81. The minimum absolute atomic E-state index is 0. The quantitative estimate of drug-likeness (QED) is 0.599. The zero-order valence-corrected chi connectivity index (χ0v) is 8.51. The number of benzene rings is 2. The molecule has 0 amide bonds. The van der Waals surface area contributed by atoms with Crippen molar-refractivity contribution in [2.24, 2.45) is 0 Å². The van der Waals surface area contributed by atoms with Gasteiger partial charge in [0.1, 0.15) is 11.5 Å². The van der Waals surface area contributed by atoms with Gasteiger partial charge in [0.25, 0.3) is 0 Å². The molecule has 3 rings (SSSR count). The Morgan fingerprint density at radius 3 is 2.56 bits per heavy atom. The van der Waals surface area contributed by atoms with Crippen molar-refractivity contribution >= 4 is 0 Å². The molecular formula is C13H10NO2. The minimum Gasteiger partial charge on any atom is -0.508 e. The first-order valence-electron chi connectivity index (χ1n) is 4.89. The predicted molar refractivity (Wildman–Crippen MR) is 60.1 cm³/mol. The average Bonchev–Trinajstić information content (AvgIpc) is 2.56. The second-order valence-corrected chi connectivity index (χ2v) is 3.83. The van der Waals surface area contributed by atoms with Crippen molar-refractivity contribution in [3.05, 3.63) is 47.5 Å². The van der Waals surface area contributed by atoms with Crippen molar-refractivity contribution in [1.29, 1.82) is 0 Å². The number of phenolic OH excluding ortho intramolecular Hbond substituents is 2. The minimum atomic E-state index is 0. The first-order chi connectivity index (χ1) is 7.25. The maximum atomic E-state index is 9.78. The van der Waals surface area contributed by atoms with Gasteiger partial charge in [-0.3, -0.25) is 0 Å². The van der Waals surface area contributed by atoms with Gasteiger partial charge in [0.2, 0.25) is 0 Å². The van der Waals surface area contributed by atoms with Crippen molar-refractivity contribution in [3.8, 4) is 22.6 Å². The summed E-state index contributed by atoms with van der Waals surface area (Å²) in [5.41, 5.74) is 4.13. The van der Waals surface area contributed by atoms with Crippen LogP contribution < -0.4 is 6.15 Å². The van der Waals surface area contributed by atoms with Crippen molar-refractivity contribution < 1.29 is 10.2 Å². The summed E-state index contributed by atoms with van der Waals surface area (Å²) in [6.07, 6.45) is 0.785. The van der Waals surface area contributed by atoms with Gasteiger partial charge >= 0.3 is 0 Å². The second kappa shape index (κ2) is 3.54. The van der Waals surface area contributed by atoms with Crippen LogP contribution in [-0.4, -0.2) is 10.2 Å². The SMILES string of the molecule is Oc1ccc2c(c1)Cc1cccc(O)c1-2.[N]. The molecule has 2 N–H and O–H groups in total. The molecule has 1 aliphatic rings. The molecule has 0 saturated heterocycles. The Morgan fingerprint density at radius 2 is 1.75 bits per heavy atom. The van der Waals surface area contributed by atoms with Gasteiger partial charge in [-0.2, -0.15) is 0 Å². The maximum absolute atomic E-state index is 9.78. The highest BCUT2D eigenvalue weighted by atomic mass is 16.3. The van der Waals surface area contributed by atoms with E-state index in [1.165, 1.54) is 0 Å². The summed E-state index contributed by atoms with van der Waals surface area (Å²) in [6.45, 7) is 0. The Labute approximate surface area is 93.6 Å². The van der Waals surface area contributed by atoms with Crippen LogP contribution in [-0.2, 0) is 6.42 Å². The number of rotatable bonds is 0. The molecule has 0 aliphatic heterocycles. The smallest absolute Gasteiger partial charge is 0.123 e. The van der Waals surface area contributed by atoms with Crippen LogP contribution >= 0.6 is 0 Å². The lowest BCUT2D eigenvalue weighted by Crippen LogP contribution is -1.78. The number of hydrogen-bond donors (Lipinski definition) is 2. The van der Waals surface area contributed by atoms with E-state index in [1.54, 1.807) is 18.2 Å².